The molecular formula is C14H20NO2. The van der Waals surface area contributed by atoms with Gasteiger partial charge in [-0.25, -0.2) is 5.11 Å². The Morgan fingerprint density at radius 3 is 2.59 bits per heavy atom. The van der Waals surface area contributed by atoms with Crippen LogP contribution >= 0.6 is 0 Å². The number of aryl methyl sites for hydroxylation is 1. The monoisotopic (exact) mass is 234 g/mol. The summed E-state index contributed by atoms with van der Waals surface area (Å²) < 4.78 is 0. The first kappa shape index (κ1) is 13.7. The Hall–Kier alpha value is -1.35. The fourth-order valence-electron chi connectivity index (χ4n) is 1.70. The third kappa shape index (κ3) is 3.86. The van der Waals surface area contributed by atoms with Gasteiger partial charge < -0.3 is 4.90 Å². The van der Waals surface area contributed by atoms with E-state index in [0.29, 0.717) is 13.0 Å². The Morgan fingerprint density at radius 1 is 1.35 bits per heavy atom. The molecule has 0 saturated carbocycles. The molecule has 3 nitrogen and oxygen atoms in total. The smallest absolute Gasteiger partial charge is 0.229 e. The van der Waals surface area contributed by atoms with Crippen molar-refractivity contribution in [3.05, 3.63) is 29.8 Å². The molecular weight excluding hydrogens is 214 g/mol. The molecule has 1 aromatic carbocycles. The van der Waals surface area contributed by atoms with Gasteiger partial charge in [0.25, 0.3) is 0 Å². The maximum absolute atomic E-state index is 12.1. The van der Waals surface area contributed by atoms with Crippen molar-refractivity contribution in [2.45, 2.75) is 27.2 Å². The average Bonchev–Trinajstić information content (AvgIpc) is 2.29. The lowest BCUT2D eigenvalue weighted by Crippen LogP contribution is -2.35. The van der Waals surface area contributed by atoms with Crippen LogP contribution in [0.4, 0.5) is 5.69 Å². The fraction of sp³-hybridized carbons (Fsp3) is 0.500. The fourth-order valence-corrected chi connectivity index (χ4v) is 1.70. The van der Waals surface area contributed by atoms with E-state index in [1.807, 2.05) is 45.0 Å². The molecule has 1 rings (SSSR count). The van der Waals surface area contributed by atoms with Crippen LogP contribution in [-0.2, 0) is 9.90 Å². The van der Waals surface area contributed by atoms with E-state index in [4.69, 9.17) is 0 Å². The van der Waals surface area contributed by atoms with Gasteiger partial charge in [-0.2, -0.15) is 0 Å². The summed E-state index contributed by atoms with van der Waals surface area (Å²) in [5, 5.41) is 10.6. The van der Waals surface area contributed by atoms with E-state index in [-0.39, 0.29) is 18.4 Å². The molecule has 0 aliphatic rings. The van der Waals surface area contributed by atoms with Gasteiger partial charge in [-0.15, -0.1) is 0 Å². The summed E-state index contributed by atoms with van der Waals surface area (Å²) >= 11 is 0. The van der Waals surface area contributed by atoms with Crippen molar-refractivity contribution < 1.29 is 9.90 Å². The van der Waals surface area contributed by atoms with E-state index >= 15 is 0 Å². The number of rotatable bonds is 5. The van der Waals surface area contributed by atoms with Gasteiger partial charge in [-0.3, -0.25) is 4.79 Å². The van der Waals surface area contributed by atoms with E-state index in [9.17, 15) is 9.90 Å². The van der Waals surface area contributed by atoms with Crippen LogP contribution in [0.5, 0.6) is 0 Å². The molecule has 0 heterocycles. The Kier molecular flexibility index (Phi) is 5.16. The van der Waals surface area contributed by atoms with E-state index in [0.717, 1.165) is 11.3 Å². The van der Waals surface area contributed by atoms with Crippen LogP contribution in [0.25, 0.3) is 0 Å². The normalized spacial score (nSPS) is 10.6. The molecule has 0 N–H and O–H groups in total. The molecule has 0 atom stereocenters. The van der Waals surface area contributed by atoms with Gasteiger partial charge in [0.15, 0.2) is 0 Å². The maximum Gasteiger partial charge on any atom is 0.229 e. The molecule has 0 saturated heterocycles. The van der Waals surface area contributed by atoms with Gasteiger partial charge in [-0.1, -0.05) is 26.0 Å². The second-order valence-electron chi connectivity index (χ2n) is 4.54. The highest BCUT2D eigenvalue weighted by Crippen LogP contribution is 2.18. The van der Waals surface area contributed by atoms with Gasteiger partial charge >= 0.3 is 0 Å². The highest BCUT2D eigenvalue weighted by molar-refractivity contribution is 5.94. The van der Waals surface area contributed by atoms with Crippen LogP contribution in [0.1, 0.15) is 25.8 Å². The minimum Gasteiger partial charge on any atom is -0.312 e. The van der Waals surface area contributed by atoms with Crippen molar-refractivity contribution >= 4 is 11.6 Å². The van der Waals surface area contributed by atoms with Crippen molar-refractivity contribution in [2.75, 3.05) is 18.1 Å². The van der Waals surface area contributed by atoms with Crippen LogP contribution in [0, 0.1) is 12.8 Å². The molecule has 0 aromatic heterocycles. The molecule has 3 heteroatoms. The summed E-state index contributed by atoms with van der Waals surface area (Å²) in [6.45, 7) is 6.11. The lowest BCUT2D eigenvalue weighted by Gasteiger charge is -2.24. The standard InChI is InChI=1S/C14H20NO2/c1-11(2)14(17)15(8-5-9-16)13-7-4-6-12(3)10-13/h4,6-7,10-11H,5,8-9H2,1-3H3. The number of benzene rings is 1. The minimum absolute atomic E-state index is 0.0536. The number of amides is 1. The number of hydrogen-bond donors (Lipinski definition) is 0. The topological polar surface area (TPSA) is 40.2 Å². The highest BCUT2D eigenvalue weighted by atomic mass is 16.3. The Bertz CT molecular complexity index is 374. The molecule has 1 amide bonds. The SMILES string of the molecule is Cc1cccc(N(CCC[O])C(=O)C(C)C)c1. The third-order valence-corrected chi connectivity index (χ3v) is 2.60. The largest absolute Gasteiger partial charge is 0.312 e. The van der Waals surface area contributed by atoms with Crippen molar-refractivity contribution in [3.8, 4) is 0 Å². The first-order valence-corrected chi connectivity index (χ1v) is 6.02. The molecule has 0 fully saturated rings. The molecule has 0 unspecified atom stereocenters. The van der Waals surface area contributed by atoms with Crippen molar-refractivity contribution in [1.29, 1.82) is 0 Å². The minimum atomic E-state index is -0.145. The molecule has 0 spiro atoms. The third-order valence-electron chi connectivity index (χ3n) is 2.60. The number of hydrogen-bond acceptors (Lipinski definition) is 1. The molecule has 93 valence electrons. The number of nitrogens with zero attached hydrogens (tertiary/aromatic N) is 1. The quantitative estimate of drug-likeness (QED) is 0.772. The van der Waals surface area contributed by atoms with Crippen LogP contribution in [-0.4, -0.2) is 19.1 Å². The first-order chi connectivity index (χ1) is 8.06. The van der Waals surface area contributed by atoms with Gasteiger partial charge in [0.05, 0.1) is 6.61 Å². The molecule has 1 aromatic rings. The van der Waals surface area contributed by atoms with Crippen molar-refractivity contribution in [2.24, 2.45) is 5.92 Å². The number of carbonyl (C=O) groups excluding carboxylic acids is 1. The summed E-state index contributed by atoms with van der Waals surface area (Å²) in [7, 11) is 0. The average molecular weight is 234 g/mol. The van der Waals surface area contributed by atoms with Gasteiger partial charge in [0.1, 0.15) is 0 Å². The zero-order valence-electron chi connectivity index (χ0n) is 10.8. The van der Waals surface area contributed by atoms with Crippen LogP contribution in [0.3, 0.4) is 0 Å². The van der Waals surface area contributed by atoms with Gasteiger partial charge in [0.2, 0.25) is 5.91 Å². The van der Waals surface area contributed by atoms with E-state index in [1.165, 1.54) is 0 Å². The summed E-state index contributed by atoms with van der Waals surface area (Å²) in [6.07, 6.45) is 0.492. The predicted octanol–water partition coefficient (Wildman–Crippen LogP) is 2.80. The number of carbonyl (C=O) groups is 1. The van der Waals surface area contributed by atoms with Gasteiger partial charge in [-0.05, 0) is 31.0 Å². The highest BCUT2D eigenvalue weighted by Gasteiger charge is 2.18. The predicted molar refractivity (Wildman–Crippen MR) is 68.5 cm³/mol. The Balaban J connectivity index is 2.93. The van der Waals surface area contributed by atoms with Crippen LogP contribution in [0.2, 0.25) is 0 Å². The Labute approximate surface area is 103 Å². The first-order valence-electron chi connectivity index (χ1n) is 6.02. The van der Waals surface area contributed by atoms with E-state index < -0.39 is 0 Å². The van der Waals surface area contributed by atoms with Crippen LogP contribution < -0.4 is 4.90 Å². The summed E-state index contributed by atoms with van der Waals surface area (Å²) in [5.74, 6) is 0.0196. The van der Waals surface area contributed by atoms with Crippen LogP contribution in [0.15, 0.2) is 24.3 Å². The van der Waals surface area contributed by atoms with E-state index in [1.54, 1.807) is 4.90 Å². The van der Waals surface area contributed by atoms with Crippen molar-refractivity contribution in [1.82, 2.24) is 0 Å². The molecule has 1 radical (unpaired) electrons. The molecule has 17 heavy (non-hydrogen) atoms. The zero-order valence-corrected chi connectivity index (χ0v) is 10.8. The summed E-state index contributed by atoms with van der Waals surface area (Å²) in [4.78, 5) is 13.8. The molecule has 0 bridgehead atoms. The lowest BCUT2D eigenvalue weighted by molar-refractivity contribution is -0.121. The molecule has 0 aliphatic carbocycles. The summed E-state index contributed by atoms with van der Waals surface area (Å²) in [6, 6.07) is 7.82. The van der Waals surface area contributed by atoms with Gasteiger partial charge in [0, 0.05) is 18.2 Å². The maximum atomic E-state index is 12.1. The Morgan fingerprint density at radius 2 is 2.06 bits per heavy atom. The molecule has 0 aliphatic heterocycles. The number of anilines is 1. The summed E-state index contributed by atoms with van der Waals surface area (Å²) in [5.41, 5.74) is 2.00. The second-order valence-corrected chi connectivity index (χ2v) is 4.54. The van der Waals surface area contributed by atoms with Crippen molar-refractivity contribution in [3.63, 3.8) is 0 Å². The second kappa shape index (κ2) is 6.40. The van der Waals surface area contributed by atoms with E-state index in [2.05, 4.69) is 0 Å². The lowest BCUT2D eigenvalue weighted by atomic mass is 10.1. The zero-order chi connectivity index (χ0) is 12.8.